The lowest BCUT2D eigenvalue weighted by Crippen LogP contribution is -2.14. The van der Waals surface area contributed by atoms with Crippen molar-refractivity contribution in [3.8, 4) is 55.6 Å². The molecule has 1 heteroatoms. The Kier molecular flexibility index (Phi) is 8.91. The minimum atomic E-state index is -0.0629. The van der Waals surface area contributed by atoms with Crippen molar-refractivity contribution in [3.63, 3.8) is 0 Å². The Labute approximate surface area is 375 Å². The summed E-state index contributed by atoms with van der Waals surface area (Å²) in [6, 6.07) is 87.2. The summed E-state index contributed by atoms with van der Waals surface area (Å²) in [5.74, 6) is 0. The molecule has 11 aromatic carbocycles. The van der Waals surface area contributed by atoms with Gasteiger partial charge in [0.25, 0.3) is 0 Å². The van der Waals surface area contributed by atoms with E-state index < -0.39 is 0 Å². The van der Waals surface area contributed by atoms with Gasteiger partial charge in [-0.3, -0.25) is 0 Å². The van der Waals surface area contributed by atoms with Crippen LogP contribution in [-0.2, 0) is 5.41 Å². The number of fused-ring (bicyclic) bond motifs is 7. The third-order valence-corrected chi connectivity index (χ3v) is 13.7. The first-order valence-electron chi connectivity index (χ1n) is 22.3. The lowest BCUT2D eigenvalue weighted by atomic mass is 9.82. The van der Waals surface area contributed by atoms with Crippen LogP contribution in [0, 0.1) is 0 Å². The molecule has 12 rings (SSSR count). The number of hydrogen-bond acceptors (Lipinski definition) is 1. The highest BCUT2D eigenvalue weighted by atomic mass is 15.1. The molecule has 11 aromatic rings. The van der Waals surface area contributed by atoms with E-state index >= 15 is 0 Å². The lowest BCUT2D eigenvalue weighted by molar-refractivity contribution is 0.660. The standard InChI is InChI=1S/C63H45N/c1-63(2)58-32-10-8-26-57(58)62-52(29-16-33-59(62)63)44-35-38-47(39-36-44)64(48-23-12-22-46(41-48)50-27-15-30-53-49-24-7-6-19-43(49)37-40-54(50)53)60-34-11-9-25-55(60)56-31-14-21-45-20-13-28-51(61(45)56)42-17-4-3-5-18-42/h3-41H,1-2H3. The highest BCUT2D eigenvalue weighted by Crippen LogP contribution is 2.52. The zero-order valence-corrected chi connectivity index (χ0v) is 36.0. The molecule has 0 spiro atoms. The van der Waals surface area contributed by atoms with Gasteiger partial charge in [0.05, 0.1) is 5.69 Å². The molecule has 0 fully saturated rings. The summed E-state index contributed by atoms with van der Waals surface area (Å²) in [6.07, 6.45) is 0. The number of para-hydroxylation sites is 1. The van der Waals surface area contributed by atoms with Crippen LogP contribution < -0.4 is 4.90 Å². The van der Waals surface area contributed by atoms with Gasteiger partial charge in [-0.05, 0) is 124 Å². The second kappa shape index (κ2) is 15.1. The maximum Gasteiger partial charge on any atom is 0.0540 e. The molecule has 0 heterocycles. The van der Waals surface area contributed by atoms with Crippen molar-refractivity contribution in [2.24, 2.45) is 0 Å². The molecule has 0 saturated carbocycles. The monoisotopic (exact) mass is 815 g/mol. The molecule has 0 radical (unpaired) electrons. The van der Waals surface area contributed by atoms with Crippen LogP contribution in [0.25, 0.3) is 88.0 Å². The van der Waals surface area contributed by atoms with Crippen molar-refractivity contribution in [1.82, 2.24) is 0 Å². The van der Waals surface area contributed by atoms with Crippen LogP contribution in [0.1, 0.15) is 25.0 Å². The minimum absolute atomic E-state index is 0.0629. The average molecular weight is 816 g/mol. The van der Waals surface area contributed by atoms with Gasteiger partial charge in [-0.1, -0.05) is 220 Å². The Balaban J connectivity index is 1.06. The van der Waals surface area contributed by atoms with Crippen molar-refractivity contribution in [1.29, 1.82) is 0 Å². The van der Waals surface area contributed by atoms with E-state index in [0.717, 1.165) is 17.1 Å². The molecule has 302 valence electrons. The maximum absolute atomic E-state index is 2.46. The fraction of sp³-hybridized carbons (Fsp3) is 0.0476. The van der Waals surface area contributed by atoms with Gasteiger partial charge in [-0.2, -0.15) is 0 Å². The molecule has 0 unspecified atom stereocenters. The van der Waals surface area contributed by atoms with Crippen LogP contribution in [-0.4, -0.2) is 0 Å². The highest BCUT2D eigenvalue weighted by molar-refractivity contribution is 6.13. The van der Waals surface area contributed by atoms with E-state index in [0.29, 0.717) is 0 Å². The van der Waals surface area contributed by atoms with Gasteiger partial charge in [0.2, 0.25) is 0 Å². The summed E-state index contributed by atoms with van der Waals surface area (Å²) in [5, 5.41) is 7.51. The quantitative estimate of drug-likeness (QED) is 0.145. The zero-order chi connectivity index (χ0) is 42.8. The molecule has 1 aliphatic rings. The van der Waals surface area contributed by atoms with Crippen molar-refractivity contribution < 1.29 is 0 Å². The van der Waals surface area contributed by atoms with Gasteiger partial charge < -0.3 is 4.90 Å². The van der Waals surface area contributed by atoms with Gasteiger partial charge in [0, 0.05) is 22.4 Å². The number of rotatable bonds is 7. The van der Waals surface area contributed by atoms with E-state index in [2.05, 4.69) is 255 Å². The van der Waals surface area contributed by atoms with E-state index in [4.69, 9.17) is 0 Å². The average Bonchev–Trinajstić information content (AvgIpc) is 3.60. The summed E-state index contributed by atoms with van der Waals surface area (Å²) in [7, 11) is 0. The predicted molar refractivity (Wildman–Crippen MR) is 273 cm³/mol. The number of nitrogens with zero attached hydrogens (tertiary/aromatic N) is 1. The molecule has 0 atom stereocenters. The second-order valence-corrected chi connectivity index (χ2v) is 17.6. The maximum atomic E-state index is 2.46. The largest absolute Gasteiger partial charge is 0.310 e. The smallest absolute Gasteiger partial charge is 0.0540 e. The molecule has 0 amide bonds. The highest BCUT2D eigenvalue weighted by Gasteiger charge is 2.36. The molecular formula is C63H45N. The molecule has 0 aliphatic heterocycles. The third-order valence-electron chi connectivity index (χ3n) is 13.7. The van der Waals surface area contributed by atoms with Gasteiger partial charge in [-0.25, -0.2) is 0 Å². The summed E-state index contributed by atoms with van der Waals surface area (Å²) < 4.78 is 0. The first kappa shape index (κ1) is 37.7. The molecule has 1 aliphatic carbocycles. The van der Waals surface area contributed by atoms with Gasteiger partial charge in [0.15, 0.2) is 0 Å². The Morgan fingerprint density at radius 1 is 0.312 bits per heavy atom. The fourth-order valence-corrected chi connectivity index (χ4v) is 10.6. The van der Waals surface area contributed by atoms with Crippen LogP contribution >= 0.6 is 0 Å². The van der Waals surface area contributed by atoms with Crippen molar-refractivity contribution >= 4 is 49.4 Å². The second-order valence-electron chi connectivity index (χ2n) is 17.6. The van der Waals surface area contributed by atoms with E-state index in [-0.39, 0.29) is 5.41 Å². The predicted octanol–water partition coefficient (Wildman–Crippen LogP) is 17.6. The Morgan fingerprint density at radius 3 is 1.75 bits per heavy atom. The van der Waals surface area contributed by atoms with Gasteiger partial charge >= 0.3 is 0 Å². The minimum Gasteiger partial charge on any atom is -0.310 e. The van der Waals surface area contributed by atoms with Crippen LogP contribution in [0.4, 0.5) is 17.1 Å². The molecule has 64 heavy (non-hydrogen) atoms. The summed E-state index contributed by atoms with van der Waals surface area (Å²) in [4.78, 5) is 2.46. The Morgan fingerprint density at radius 2 is 0.891 bits per heavy atom. The number of benzene rings is 11. The van der Waals surface area contributed by atoms with Crippen LogP contribution in [0.3, 0.4) is 0 Å². The van der Waals surface area contributed by atoms with Crippen LogP contribution in [0.2, 0.25) is 0 Å². The fourth-order valence-electron chi connectivity index (χ4n) is 10.6. The molecule has 1 nitrogen and oxygen atoms in total. The van der Waals surface area contributed by atoms with E-state index in [1.807, 2.05) is 0 Å². The molecule has 0 saturated heterocycles. The van der Waals surface area contributed by atoms with E-state index in [9.17, 15) is 0 Å². The van der Waals surface area contributed by atoms with E-state index in [1.165, 1.54) is 99.1 Å². The summed E-state index contributed by atoms with van der Waals surface area (Å²) in [6.45, 7) is 4.71. The topological polar surface area (TPSA) is 3.24 Å². The number of hydrogen-bond donors (Lipinski definition) is 0. The SMILES string of the molecule is CC1(C)c2ccccc2-c2c(-c3ccc(N(c4cccc(-c5cccc6c5ccc5ccccc56)c4)c4ccccc4-c4cccc5cccc(-c6ccccc6)c45)cc3)cccc21. The molecule has 0 aromatic heterocycles. The van der Waals surface area contributed by atoms with Gasteiger partial charge in [-0.15, -0.1) is 0 Å². The van der Waals surface area contributed by atoms with Crippen LogP contribution in [0.15, 0.2) is 237 Å². The normalized spacial score (nSPS) is 12.7. The van der Waals surface area contributed by atoms with Gasteiger partial charge in [0.1, 0.15) is 0 Å². The van der Waals surface area contributed by atoms with Crippen molar-refractivity contribution in [3.05, 3.63) is 248 Å². The lowest BCUT2D eigenvalue weighted by Gasteiger charge is -2.29. The molecular weight excluding hydrogens is 771 g/mol. The van der Waals surface area contributed by atoms with E-state index in [1.54, 1.807) is 0 Å². The third kappa shape index (κ3) is 6.08. The molecule has 0 bridgehead atoms. The van der Waals surface area contributed by atoms with Crippen molar-refractivity contribution in [2.75, 3.05) is 4.90 Å². The van der Waals surface area contributed by atoms with Crippen molar-refractivity contribution in [2.45, 2.75) is 19.3 Å². The first-order chi connectivity index (χ1) is 31.5. The summed E-state index contributed by atoms with van der Waals surface area (Å²) in [5.41, 5.74) is 18.4. The summed E-state index contributed by atoms with van der Waals surface area (Å²) >= 11 is 0. The van der Waals surface area contributed by atoms with Crippen LogP contribution in [0.5, 0.6) is 0 Å². The molecule has 0 N–H and O–H groups in total. The number of anilines is 3. The zero-order valence-electron chi connectivity index (χ0n) is 36.0. The first-order valence-corrected chi connectivity index (χ1v) is 22.3. The Hall–Kier alpha value is -8.00. The Bertz CT molecular complexity index is 3570.